The molecule has 0 saturated carbocycles. The van der Waals surface area contributed by atoms with Crippen molar-refractivity contribution in [2.45, 2.75) is 96.0 Å². The van der Waals surface area contributed by atoms with Crippen molar-refractivity contribution in [2.24, 2.45) is 11.8 Å². The first-order valence-corrected chi connectivity index (χ1v) is 19.4. The molecule has 13 nitrogen and oxygen atoms in total. The van der Waals surface area contributed by atoms with Gasteiger partial charge in [-0.05, 0) is 50.6 Å². The summed E-state index contributed by atoms with van der Waals surface area (Å²) in [5.41, 5.74) is -0.572. The lowest BCUT2D eigenvalue weighted by Gasteiger charge is -2.42. The standard InChI is InChI=1S/C38H54ClN3O10S/c1-10-53-15-14-31(43)41(6)24(4)35(45)50-21-26-19-32(44)42(7)27-17-25(18-28(48-8)33(27)39)16-22(2)12-11-13-30(49-9)38(47)20-29(51-36(46)40-38)23(3)34-37(26,5)52-34/h11-13,17-18,23-24,26,29-30,34,47H,10,14-16,19-21H2,1-9H3,(H,40,46)/b13-11+,22-12+/t23-,24+,26-,29+,30-,34+,37+,38+/m1/s1. The van der Waals surface area contributed by atoms with E-state index in [1.54, 1.807) is 44.9 Å². The van der Waals surface area contributed by atoms with Crippen molar-refractivity contribution in [1.82, 2.24) is 10.2 Å². The third kappa shape index (κ3) is 9.88. The molecule has 3 aliphatic heterocycles. The number of carbonyl (C=O) groups is 4. The van der Waals surface area contributed by atoms with Crippen molar-refractivity contribution in [2.75, 3.05) is 51.3 Å². The summed E-state index contributed by atoms with van der Waals surface area (Å²) >= 11 is 8.42. The van der Waals surface area contributed by atoms with Gasteiger partial charge in [0.2, 0.25) is 11.8 Å². The average Bonchev–Trinajstić information content (AvgIpc) is 3.81. The van der Waals surface area contributed by atoms with Gasteiger partial charge >= 0.3 is 12.1 Å². The van der Waals surface area contributed by atoms with E-state index in [1.165, 1.54) is 24.0 Å². The van der Waals surface area contributed by atoms with Gasteiger partial charge in [0.15, 0.2) is 5.72 Å². The smallest absolute Gasteiger partial charge is 0.409 e. The number of anilines is 1. The molecule has 1 aromatic rings. The molecule has 53 heavy (non-hydrogen) atoms. The van der Waals surface area contributed by atoms with Crippen LogP contribution in [0.15, 0.2) is 35.9 Å². The maximum Gasteiger partial charge on any atom is 0.409 e. The summed E-state index contributed by atoms with van der Waals surface area (Å²) in [6.07, 6.45) is 2.91. The number of ether oxygens (including phenoxy) is 5. The van der Waals surface area contributed by atoms with Crippen molar-refractivity contribution < 1.29 is 48.0 Å². The lowest BCUT2D eigenvalue weighted by Crippen LogP contribution is -2.63. The Balaban J connectivity index is 1.70. The molecule has 2 fully saturated rings. The number of halogens is 1. The molecular weight excluding hydrogens is 726 g/mol. The van der Waals surface area contributed by atoms with Crippen molar-refractivity contribution in [3.63, 3.8) is 0 Å². The van der Waals surface area contributed by atoms with Gasteiger partial charge in [0.05, 0.1) is 31.1 Å². The number of alkyl carbamates (subject to hydrolysis) is 1. The normalized spacial score (nSPS) is 31.2. The first-order chi connectivity index (χ1) is 25.0. The first kappa shape index (κ1) is 42.4. The highest BCUT2D eigenvalue weighted by molar-refractivity contribution is 7.99. The number of nitrogens with one attached hydrogen (secondary N) is 1. The number of rotatable bonds is 10. The number of epoxide rings is 1. The number of hydrogen-bond donors (Lipinski definition) is 2. The Bertz CT molecular complexity index is 1590. The average molecular weight is 780 g/mol. The largest absolute Gasteiger partial charge is 0.495 e. The number of hydrogen-bond acceptors (Lipinski definition) is 11. The van der Waals surface area contributed by atoms with Crippen molar-refractivity contribution in [1.29, 1.82) is 0 Å². The molecule has 0 unspecified atom stereocenters. The van der Waals surface area contributed by atoms with Gasteiger partial charge < -0.3 is 38.6 Å². The number of nitrogens with zero attached hydrogens (tertiary/aromatic N) is 2. The number of benzene rings is 1. The second-order valence-corrected chi connectivity index (χ2v) is 16.0. The van der Waals surface area contributed by atoms with E-state index in [-0.39, 0.29) is 36.3 Å². The van der Waals surface area contributed by atoms with Gasteiger partial charge in [-0.1, -0.05) is 49.2 Å². The monoisotopic (exact) mass is 779 g/mol. The minimum Gasteiger partial charge on any atom is -0.495 e. The summed E-state index contributed by atoms with van der Waals surface area (Å²) in [7, 11) is 6.14. The minimum absolute atomic E-state index is 0.0124. The van der Waals surface area contributed by atoms with Gasteiger partial charge in [0, 0.05) is 58.1 Å². The second-order valence-electron chi connectivity index (χ2n) is 14.3. The number of methoxy groups -OCH3 is 2. The molecule has 0 radical (unpaired) electrons. The number of amides is 3. The number of thioether (sulfide) groups is 1. The van der Waals surface area contributed by atoms with Gasteiger partial charge in [-0.15, -0.1) is 0 Å². The summed E-state index contributed by atoms with van der Waals surface area (Å²) in [4.78, 5) is 55.9. The zero-order valence-corrected chi connectivity index (χ0v) is 33.7. The van der Waals surface area contributed by atoms with E-state index in [0.29, 0.717) is 30.0 Å². The molecule has 15 heteroatoms. The summed E-state index contributed by atoms with van der Waals surface area (Å²) in [5, 5.41) is 14.5. The van der Waals surface area contributed by atoms with Crippen molar-refractivity contribution in [3.8, 4) is 5.75 Å². The molecule has 3 amide bonds. The van der Waals surface area contributed by atoms with Crippen LogP contribution < -0.4 is 15.0 Å². The Kier molecular flexibility index (Phi) is 14.3. The van der Waals surface area contributed by atoms with Crippen LogP contribution in [0.1, 0.15) is 59.4 Å². The topological polar surface area (TPSA) is 156 Å². The minimum atomic E-state index is -1.80. The molecule has 2 saturated heterocycles. The van der Waals surface area contributed by atoms with Crippen LogP contribution in [0.2, 0.25) is 5.02 Å². The van der Waals surface area contributed by atoms with Crippen LogP contribution in [0.5, 0.6) is 5.75 Å². The zero-order valence-electron chi connectivity index (χ0n) is 32.1. The summed E-state index contributed by atoms with van der Waals surface area (Å²) < 4.78 is 29.1. The first-order valence-electron chi connectivity index (χ1n) is 17.9. The predicted molar refractivity (Wildman–Crippen MR) is 203 cm³/mol. The van der Waals surface area contributed by atoms with E-state index in [9.17, 15) is 24.3 Å². The maximum atomic E-state index is 14.1. The fraction of sp³-hybridized carbons (Fsp3) is 0.632. The van der Waals surface area contributed by atoms with E-state index >= 15 is 0 Å². The molecule has 4 bridgehead atoms. The Morgan fingerprint density at radius 2 is 1.98 bits per heavy atom. The fourth-order valence-corrected chi connectivity index (χ4v) is 7.87. The van der Waals surface area contributed by atoms with E-state index in [2.05, 4.69) is 5.32 Å². The third-order valence-corrected chi connectivity index (χ3v) is 11.9. The van der Waals surface area contributed by atoms with Crippen LogP contribution in [0.3, 0.4) is 0 Å². The Morgan fingerprint density at radius 3 is 2.64 bits per heavy atom. The molecule has 4 rings (SSSR count). The second kappa shape index (κ2) is 17.9. The molecule has 3 aliphatic rings. The molecule has 294 valence electrons. The highest BCUT2D eigenvalue weighted by atomic mass is 35.5. The van der Waals surface area contributed by atoms with Gasteiger partial charge in [-0.25, -0.2) is 9.59 Å². The SMILES string of the molecule is CCSCCC(=O)N(C)[C@@H](C)C(=O)OC[C@H]1CC(=O)N(C)c2cc(cc(OC)c2Cl)C/C(C)=C/C=C/[C@@H](OC)[C@@]2(O)C[C@H](OC(=O)N2)[C@@H](C)[C@@H]2O[C@@]12C. The Morgan fingerprint density at radius 1 is 1.26 bits per heavy atom. The maximum absolute atomic E-state index is 14.1. The molecule has 0 aromatic heterocycles. The fourth-order valence-electron chi connectivity index (χ4n) is 6.95. The van der Waals surface area contributed by atoms with Crippen LogP contribution in [0.4, 0.5) is 10.5 Å². The number of likely N-dealkylation sites (N-methyl/N-ethyl adjacent to an activating group) is 1. The lowest BCUT2D eigenvalue weighted by molar-refractivity contribution is -0.155. The molecule has 2 N–H and O–H groups in total. The number of carbonyl (C=O) groups excluding carboxylic acids is 4. The van der Waals surface area contributed by atoms with Crippen LogP contribution in [0.25, 0.3) is 0 Å². The molecule has 3 heterocycles. The van der Waals surface area contributed by atoms with Gasteiger partial charge in [0.1, 0.15) is 29.0 Å². The molecule has 0 spiro atoms. The summed E-state index contributed by atoms with van der Waals surface area (Å²) in [6.45, 7) is 9.04. The van der Waals surface area contributed by atoms with Crippen molar-refractivity contribution >= 4 is 52.9 Å². The van der Waals surface area contributed by atoms with Crippen LogP contribution in [0, 0.1) is 11.8 Å². The van der Waals surface area contributed by atoms with E-state index in [0.717, 1.165) is 16.9 Å². The van der Waals surface area contributed by atoms with Gasteiger partial charge in [-0.2, -0.15) is 11.8 Å². The van der Waals surface area contributed by atoms with Crippen LogP contribution in [-0.4, -0.2) is 116 Å². The third-order valence-electron chi connectivity index (χ3n) is 10.6. The predicted octanol–water partition coefficient (Wildman–Crippen LogP) is 4.91. The summed E-state index contributed by atoms with van der Waals surface area (Å²) in [5.74, 6) is -0.284. The summed E-state index contributed by atoms with van der Waals surface area (Å²) in [6, 6.07) is 2.78. The van der Waals surface area contributed by atoms with Gasteiger partial charge in [-0.3, -0.25) is 14.9 Å². The molecule has 0 aliphatic carbocycles. The highest BCUT2D eigenvalue weighted by Gasteiger charge is 2.63. The van der Waals surface area contributed by atoms with E-state index in [1.807, 2.05) is 45.9 Å². The Hall–Kier alpha value is -3.30. The number of fused-ring (bicyclic) bond motifs is 5. The van der Waals surface area contributed by atoms with Gasteiger partial charge in [0.25, 0.3) is 0 Å². The van der Waals surface area contributed by atoms with Crippen LogP contribution >= 0.6 is 23.4 Å². The number of allylic oxidation sites excluding steroid dienone is 3. The molecule has 1 aromatic carbocycles. The van der Waals surface area contributed by atoms with E-state index in [4.69, 9.17) is 35.3 Å². The zero-order chi connectivity index (χ0) is 39.2. The molecular formula is C38H54ClN3O10S. The lowest BCUT2D eigenvalue weighted by atomic mass is 9.80. The quantitative estimate of drug-likeness (QED) is 0.189. The number of esters is 1. The van der Waals surface area contributed by atoms with Crippen molar-refractivity contribution in [3.05, 3.63) is 46.5 Å². The highest BCUT2D eigenvalue weighted by Crippen LogP contribution is 2.51. The Labute approximate surface area is 321 Å². The van der Waals surface area contributed by atoms with E-state index < -0.39 is 59.6 Å². The number of aliphatic hydroxyl groups is 1. The molecule has 8 atom stereocenters. The van der Waals surface area contributed by atoms with Crippen LogP contribution in [-0.2, 0) is 39.8 Å².